The van der Waals surface area contributed by atoms with E-state index in [0.717, 1.165) is 29.7 Å². The standard InChI is InChI=1S/C16H14N2O4S/c19-18-7-4-11(5-8-18)23(20,21)12-1-2-15-14(9-12)13-3-6-17-10-16(13)22-15/h1-2,4-5,7-9,17H,3,6,10H2. The summed E-state index contributed by atoms with van der Waals surface area (Å²) in [5.74, 6) is 0.868. The predicted molar refractivity (Wildman–Crippen MR) is 82.5 cm³/mol. The fourth-order valence-electron chi connectivity index (χ4n) is 2.89. The van der Waals surface area contributed by atoms with Crippen molar-refractivity contribution in [2.45, 2.75) is 22.8 Å². The summed E-state index contributed by atoms with van der Waals surface area (Å²) in [5.41, 5.74) is 1.77. The number of nitrogens with zero attached hydrogens (tertiary/aromatic N) is 1. The van der Waals surface area contributed by atoms with Gasteiger partial charge in [-0.1, -0.05) is 0 Å². The molecule has 118 valence electrons. The van der Waals surface area contributed by atoms with Crippen LogP contribution in [0.15, 0.2) is 56.9 Å². The van der Waals surface area contributed by atoms with Crippen LogP contribution in [0.2, 0.25) is 0 Å². The summed E-state index contributed by atoms with van der Waals surface area (Å²) in [5, 5.41) is 15.2. The van der Waals surface area contributed by atoms with Crippen molar-refractivity contribution < 1.29 is 17.6 Å². The maximum absolute atomic E-state index is 12.7. The zero-order valence-corrected chi connectivity index (χ0v) is 13.0. The van der Waals surface area contributed by atoms with Gasteiger partial charge in [0.05, 0.1) is 16.3 Å². The largest absolute Gasteiger partial charge is 0.619 e. The number of aromatic nitrogens is 1. The maximum atomic E-state index is 12.7. The smallest absolute Gasteiger partial charge is 0.207 e. The number of hydrogen-bond donors (Lipinski definition) is 1. The quantitative estimate of drug-likeness (QED) is 0.569. The summed E-state index contributed by atoms with van der Waals surface area (Å²) in [4.78, 5) is 0.304. The molecule has 2 aromatic heterocycles. The molecule has 23 heavy (non-hydrogen) atoms. The highest BCUT2D eigenvalue weighted by Gasteiger charge is 2.22. The molecule has 1 N–H and O–H groups in total. The highest BCUT2D eigenvalue weighted by atomic mass is 32.2. The Balaban J connectivity index is 1.86. The Bertz CT molecular complexity index is 991. The fourth-order valence-corrected chi connectivity index (χ4v) is 4.16. The van der Waals surface area contributed by atoms with Gasteiger partial charge in [0, 0.05) is 23.1 Å². The molecule has 6 nitrogen and oxygen atoms in total. The predicted octanol–water partition coefficient (Wildman–Crippen LogP) is 1.54. The summed E-state index contributed by atoms with van der Waals surface area (Å²) in [6.45, 7) is 1.51. The molecule has 0 amide bonds. The number of sulfone groups is 1. The highest BCUT2D eigenvalue weighted by Crippen LogP contribution is 2.31. The third-order valence-electron chi connectivity index (χ3n) is 4.08. The van der Waals surface area contributed by atoms with E-state index in [-0.39, 0.29) is 9.79 Å². The van der Waals surface area contributed by atoms with Gasteiger partial charge in [-0.25, -0.2) is 8.42 Å². The van der Waals surface area contributed by atoms with Crippen LogP contribution >= 0.6 is 0 Å². The van der Waals surface area contributed by atoms with Crippen LogP contribution in [0.3, 0.4) is 0 Å². The van der Waals surface area contributed by atoms with Gasteiger partial charge in [-0.2, -0.15) is 4.73 Å². The Labute approximate surface area is 132 Å². The van der Waals surface area contributed by atoms with Crippen molar-refractivity contribution in [1.29, 1.82) is 0 Å². The summed E-state index contributed by atoms with van der Waals surface area (Å²) >= 11 is 0. The fraction of sp³-hybridized carbons (Fsp3) is 0.188. The number of furan rings is 1. The minimum Gasteiger partial charge on any atom is -0.619 e. The van der Waals surface area contributed by atoms with E-state index in [0.29, 0.717) is 16.9 Å². The molecular formula is C16H14N2O4S. The van der Waals surface area contributed by atoms with Gasteiger partial charge in [0.1, 0.15) is 11.3 Å². The molecule has 1 aromatic carbocycles. The molecule has 1 aliphatic rings. The molecule has 0 bridgehead atoms. The number of benzene rings is 1. The number of pyridine rings is 1. The zero-order chi connectivity index (χ0) is 16.0. The average molecular weight is 330 g/mol. The van der Waals surface area contributed by atoms with Crippen molar-refractivity contribution in [3.05, 3.63) is 59.3 Å². The first-order valence-electron chi connectivity index (χ1n) is 7.25. The molecule has 0 atom stereocenters. The molecule has 3 heterocycles. The van der Waals surface area contributed by atoms with Crippen LogP contribution in [0, 0.1) is 5.21 Å². The van der Waals surface area contributed by atoms with E-state index in [1.54, 1.807) is 12.1 Å². The van der Waals surface area contributed by atoms with E-state index in [1.165, 1.54) is 30.6 Å². The molecule has 0 spiro atoms. The summed E-state index contributed by atoms with van der Waals surface area (Å²) in [7, 11) is -3.66. The second-order valence-corrected chi connectivity index (χ2v) is 7.44. The van der Waals surface area contributed by atoms with E-state index < -0.39 is 9.84 Å². The first-order valence-corrected chi connectivity index (χ1v) is 8.73. The summed E-state index contributed by atoms with van der Waals surface area (Å²) < 4.78 is 31.8. The third-order valence-corrected chi connectivity index (χ3v) is 5.84. The van der Waals surface area contributed by atoms with Crippen LogP contribution in [-0.4, -0.2) is 15.0 Å². The molecule has 0 unspecified atom stereocenters. The van der Waals surface area contributed by atoms with Crippen LogP contribution in [-0.2, 0) is 22.8 Å². The van der Waals surface area contributed by atoms with Crippen molar-refractivity contribution in [3.8, 4) is 0 Å². The highest BCUT2D eigenvalue weighted by molar-refractivity contribution is 7.91. The minimum atomic E-state index is -3.66. The van der Waals surface area contributed by atoms with Gasteiger partial charge in [-0.05, 0) is 31.2 Å². The molecule has 3 aromatic rings. The normalized spacial score (nSPS) is 14.8. The molecule has 0 saturated heterocycles. The molecule has 7 heteroatoms. The van der Waals surface area contributed by atoms with Crippen LogP contribution in [0.1, 0.15) is 11.3 Å². The van der Waals surface area contributed by atoms with Gasteiger partial charge < -0.3 is 14.9 Å². The van der Waals surface area contributed by atoms with Gasteiger partial charge in [0.25, 0.3) is 0 Å². The average Bonchev–Trinajstić information content (AvgIpc) is 2.93. The Morgan fingerprint density at radius 3 is 2.70 bits per heavy atom. The lowest BCUT2D eigenvalue weighted by molar-refractivity contribution is -0.605. The number of nitrogens with one attached hydrogen (secondary N) is 1. The first kappa shape index (κ1) is 14.2. The van der Waals surface area contributed by atoms with Crippen LogP contribution < -0.4 is 10.0 Å². The first-order chi connectivity index (χ1) is 11.1. The second-order valence-electron chi connectivity index (χ2n) is 5.49. The van der Waals surface area contributed by atoms with Crippen LogP contribution in [0.5, 0.6) is 0 Å². The van der Waals surface area contributed by atoms with Gasteiger partial charge in [0.15, 0.2) is 12.4 Å². The topological polar surface area (TPSA) is 86.2 Å². The van der Waals surface area contributed by atoms with E-state index in [4.69, 9.17) is 4.42 Å². The SMILES string of the molecule is O=S(=O)(c1cc[n+]([O-])cc1)c1ccc2oc3c(c2c1)CCNC3. The third kappa shape index (κ3) is 2.29. The maximum Gasteiger partial charge on any atom is 0.207 e. The van der Waals surface area contributed by atoms with Crippen molar-refractivity contribution in [2.24, 2.45) is 0 Å². The lowest BCUT2D eigenvalue weighted by Gasteiger charge is -2.10. The van der Waals surface area contributed by atoms with Gasteiger partial charge in [-0.15, -0.1) is 0 Å². The summed E-state index contributed by atoms with van der Waals surface area (Å²) in [6.07, 6.45) is 3.17. The lowest BCUT2D eigenvalue weighted by atomic mass is 10.1. The molecule has 0 saturated carbocycles. The molecule has 1 aliphatic heterocycles. The van der Waals surface area contributed by atoms with Crippen molar-refractivity contribution >= 4 is 20.8 Å². The van der Waals surface area contributed by atoms with Crippen LogP contribution in [0.4, 0.5) is 0 Å². The Morgan fingerprint density at radius 2 is 1.91 bits per heavy atom. The zero-order valence-electron chi connectivity index (χ0n) is 12.2. The van der Waals surface area contributed by atoms with Gasteiger partial charge in [0.2, 0.25) is 9.84 Å². The van der Waals surface area contributed by atoms with E-state index in [9.17, 15) is 13.6 Å². The molecule has 4 rings (SSSR count). The Morgan fingerprint density at radius 1 is 1.13 bits per heavy atom. The van der Waals surface area contributed by atoms with Gasteiger partial charge >= 0.3 is 0 Å². The summed E-state index contributed by atoms with van der Waals surface area (Å²) in [6, 6.07) is 7.51. The van der Waals surface area contributed by atoms with E-state index in [1.807, 2.05) is 0 Å². The lowest BCUT2D eigenvalue weighted by Crippen LogP contribution is -2.24. The van der Waals surface area contributed by atoms with Crippen LogP contribution in [0.25, 0.3) is 11.0 Å². The number of fused-ring (bicyclic) bond motifs is 3. The van der Waals surface area contributed by atoms with Crippen molar-refractivity contribution in [3.63, 3.8) is 0 Å². The minimum absolute atomic E-state index is 0.1000. The number of rotatable bonds is 2. The Hall–Kier alpha value is -2.38. The monoisotopic (exact) mass is 330 g/mol. The number of hydrogen-bond acceptors (Lipinski definition) is 5. The van der Waals surface area contributed by atoms with Crippen molar-refractivity contribution in [1.82, 2.24) is 5.32 Å². The van der Waals surface area contributed by atoms with E-state index in [2.05, 4.69) is 5.32 Å². The molecular weight excluding hydrogens is 316 g/mol. The van der Waals surface area contributed by atoms with Gasteiger partial charge in [-0.3, -0.25) is 0 Å². The second kappa shape index (κ2) is 5.07. The molecule has 0 fully saturated rings. The molecule has 0 aliphatic carbocycles. The van der Waals surface area contributed by atoms with E-state index >= 15 is 0 Å². The molecule has 0 radical (unpaired) electrons. The van der Waals surface area contributed by atoms with Crippen molar-refractivity contribution in [2.75, 3.05) is 6.54 Å². The Kier molecular flexibility index (Phi) is 3.14.